The number of fused-ring (bicyclic) bond motifs is 11. The van der Waals surface area contributed by atoms with E-state index in [1.165, 1.54) is 26.9 Å². The van der Waals surface area contributed by atoms with Gasteiger partial charge in [0.1, 0.15) is 11.2 Å². The summed E-state index contributed by atoms with van der Waals surface area (Å²) in [5.74, 6) is 1.74. The molecule has 14 aromatic rings. The molecule has 0 aliphatic rings. The molecule has 0 aliphatic heterocycles. The lowest BCUT2D eigenvalue weighted by molar-refractivity contribution is 0.668. The van der Waals surface area contributed by atoms with Crippen molar-refractivity contribution in [2.24, 2.45) is 0 Å². The standard InChI is InChI=1S/C59H35N5O/c1-2-18-42(19-3-1)63-50-23-11-8-20-44(50)46-29-28-41(33-52(46)63)58-60-57(40-27-26-36-14-4-5-15-37(36)30-40)61-59(62-58)49-34-43(35-55-56(49)47-22-10-13-25-54(47)65-55)64-51-24-12-9-21-45(51)48-31-38-16-6-7-17-39(38)32-53(48)64/h1-35H. The highest BCUT2D eigenvalue weighted by atomic mass is 16.3. The Balaban J connectivity index is 1.07. The van der Waals surface area contributed by atoms with Crippen LogP contribution in [0.1, 0.15) is 0 Å². The van der Waals surface area contributed by atoms with Crippen molar-refractivity contribution in [3.05, 3.63) is 212 Å². The molecule has 0 bridgehead atoms. The predicted molar refractivity (Wildman–Crippen MR) is 267 cm³/mol. The summed E-state index contributed by atoms with van der Waals surface area (Å²) in [6.45, 7) is 0. The third-order valence-corrected chi connectivity index (χ3v) is 13.1. The molecule has 0 aliphatic carbocycles. The van der Waals surface area contributed by atoms with Gasteiger partial charge in [-0.25, -0.2) is 15.0 Å². The zero-order valence-corrected chi connectivity index (χ0v) is 34.9. The van der Waals surface area contributed by atoms with Crippen LogP contribution in [0.4, 0.5) is 0 Å². The highest BCUT2D eigenvalue weighted by molar-refractivity contribution is 6.16. The zero-order chi connectivity index (χ0) is 42.6. The van der Waals surface area contributed by atoms with E-state index in [1.807, 2.05) is 12.1 Å². The number of rotatable bonds is 5. The molecule has 65 heavy (non-hydrogen) atoms. The quantitative estimate of drug-likeness (QED) is 0.173. The van der Waals surface area contributed by atoms with Crippen LogP contribution in [0, 0.1) is 0 Å². The number of benzene rings is 10. The summed E-state index contributed by atoms with van der Waals surface area (Å²) in [6.07, 6.45) is 0. The van der Waals surface area contributed by atoms with Crippen molar-refractivity contribution in [1.29, 1.82) is 0 Å². The first kappa shape index (κ1) is 35.7. The van der Waals surface area contributed by atoms with E-state index < -0.39 is 0 Å². The Kier molecular flexibility index (Phi) is 7.59. The van der Waals surface area contributed by atoms with Crippen LogP contribution in [0.15, 0.2) is 217 Å². The van der Waals surface area contributed by atoms with E-state index in [9.17, 15) is 0 Å². The Bertz CT molecular complexity index is 4250. The zero-order valence-electron chi connectivity index (χ0n) is 34.9. The van der Waals surface area contributed by atoms with Crippen LogP contribution in [0.3, 0.4) is 0 Å². The van der Waals surface area contributed by atoms with Crippen molar-refractivity contribution < 1.29 is 4.42 Å². The van der Waals surface area contributed by atoms with Crippen molar-refractivity contribution in [1.82, 2.24) is 24.1 Å². The molecule has 14 rings (SSSR count). The van der Waals surface area contributed by atoms with Gasteiger partial charge in [0, 0.05) is 60.8 Å². The number of hydrogen-bond acceptors (Lipinski definition) is 4. The van der Waals surface area contributed by atoms with Gasteiger partial charge >= 0.3 is 0 Å². The van der Waals surface area contributed by atoms with Crippen molar-refractivity contribution in [3.8, 4) is 45.5 Å². The molecule has 0 saturated carbocycles. The third-order valence-electron chi connectivity index (χ3n) is 13.1. The van der Waals surface area contributed by atoms with Crippen LogP contribution >= 0.6 is 0 Å². The summed E-state index contributed by atoms with van der Waals surface area (Å²) in [5, 5.41) is 11.3. The van der Waals surface area contributed by atoms with Crippen molar-refractivity contribution in [3.63, 3.8) is 0 Å². The lowest BCUT2D eigenvalue weighted by atomic mass is 10.0. The average molecular weight is 830 g/mol. The Morgan fingerprint density at radius 3 is 1.62 bits per heavy atom. The fourth-order valence-electron chi connectivity index (χ4n) is 10.1. The minimum atomic E-state index is 0.562. The van der Waals surface area contributed by atoms with Crippen LogP contribution in [0.2, 0.25) is 0 Å². The Hall–Kier alpha value is -8.87. The van der Waals surface area contributed by atoms with E-state index in [4.69, 9.17) is 19.4 Å². The van der Waals surface area contributed by atoms with E-state index in [0.717, 1.165) is 88.2 Å². The normalized spacial score (nSPS) is 12.0. The summed E-state index contributed by atoms with van der Waals surface area (Å²) in [7, 11) is 0. The smallest absolute Gasteiger partial charge is 0.164 e. The fourth-order valence-corrected chi connectivity index (χ4v) is 10.1. The second kappa shape index (κ2) is 13.8. The van der Waals surface area contributed by atoms with Crippen molar-refractivity contribution in [2.45, 2.75) is 0 Å². The Morgan fingerprint density at radius 2 is 0.846 bits per heavy atom. The summed E-state index contributed by atoms with van der Waals surface area (Å²) >= 11 is 0. The molecule has 6 nitrogen and oxygen atoms in total. The highest BCUT2D eigenvalue weighted by Gasteiger charge is 2.23. The molecule has 4 heterocycles. The molecule has 10 aromatic carbocycles. The number of hydrogen-bond donors (Lipinski definition) is 0. The van der Waals surface area contributed by atoms with Gasteiger partial charge in [0.2, 0.25) is 0 Å². The average Bonchev–Trinajstić information content (AvgIpc) is 4.02. The third kappa shape index (κ3) is 5.51. The van der Waals surface area contributed by atoms with Gasteiger partial charge in [-0.05, 0) is 82.2 Å². The Labute approximate surface area is 371 Å². The molecule has 0 amide bonds. The van der Waals surface area contributed by atoms with Gasteiger partial charge in [0.25, 0.3) is 0 Å². The van der Waals surface area contributed by atoms with E-state index in [2.05, 4.69) is 209 Å². The van der Waals surface area contributed by atoms with Gasteiger partial charge in [-0.15, -0.1) is 0 Å². The first-order valence-electron chi connectivity index (χ1n) is 21.9. The largest absolute Gasteiger partial charge is 0.456 e. The number of furan rings is 1. The first-order valence-corrected chi connectivity index (χ1v) is 21.9. The van der Waals surface area contributed by atoms with E-state index >= 15 is 0 Å². The molecule has 4 aromatic heterocycles. The van der Waals surface area contributed by atoms with Gasteiger partial charge in [-0.3, -0.25) is 0 Å². The molecule has 0 radical (unpaired) electrons. The molecule has 0 unspecified atom stereocenters. The van der Waals surface area contributed by atoms with Crippen LogP contribution in [0.25, 0.3) is 133 Å². The summed E-state index contributed by atoms with van der Waals surface area (Å²) < 4.78 is 11.5. The predicted octanol–water partition coefficient (Wildman–Crippen LogP) is 15.3. The molecule has 0 fully saturated rings. The van der Waals surface area contributed by atoms with E-state index in [1.54, 1.807) is 0 Å². The molecule has 302 valence electrons. The van der Waals surface area contributed by atoms with Gasteiger partial charge in [0.05, 0.1) is 27.8 Å². The van der Waals surface area contributed by atoms with Crippen LogP contribution in [-0.2, 0) is 0 Å². The summed E-state index contributed by atoms with van der Waals surface area (Å²) in [6, 6.07) is 75.1. The van der Waals surface area contributed by atoms with Crippen LogP contribution in [-0.4, -0.2) is 24.1 Å². The minimum absolute atomic E-state index is 0.562. The second-order valence-electron chi connectivity index (χ2n) is 16.8. The lowest BCUT2D eigenvalue weighted by Crippen LogP contribution is -2.02. The van der Waals surface area contributed by atoms with E-state index in [-0.39, 0.29) is 0 Å². The van der Waals surface area contributed by atoms with Gasteiger partial charge < -0.3 is 13.6 Å². The van der Waals surface area contributed by atoms with Crippen LogP contribution in [0.5, 0.6) is 0 Å². The molecule has 0 saturated heterocycles. The van der Waals surface area contributed by atoms with E-state index in [0.29, 0.717) is 17.5 Å². The number of aromatic nitrogens is 5. The molecule has 6 heteroatoms. The topological polar surface area (TPSA) is 61.7 Å². The molecule has 0 spiro atoms. The number of para-hydroxylation sites is 4. The molecular formula is C59H35N5O. The van der Waals surface area contributed by atoms with Gasteiger partial charge in [-0.2, -0.15) is 0 Å². The van der Waals surface area contributed by atoms with Gasteiger partial charge in [-0.1, -0.05) is 146 Å². The van der Waals surface area contributed by atoms with Crippen LogP contribution < -0.4 is 0 Å². The molecule has 0 N–H and O–H groups in total. The maximum atomic E-state index is 6.77. The maximum Gasteiger partial charge on any atom is 0.164 e. The molecule has 0 atom stereocenters. The van der Waals surface area contributed by atoms with Crippen molar-refractivity contribution >= 4 is 87.1 Å². The number of nitrogens with zero attached hydrogens (tertiary/aromatic N) is 5. The summed E-state index contributed by atoms with van der Waals surface area (Å²) in [5.41, 5.74) is 10.7. The molecular weight excluding hydrogens is 795 g/mol. The SMILES string of the molecule is c1ccc(-n2c3ccccc3c3ccc(-c4nc(-c5ccc6ccccc6c5)nc(-c5cc(-n6c7ccccc7c7cc8ccccc8cc76)cc6oc7ccccc7c56)n4)cc32)cc1. The van der Waals surface area contributed by atoms with Crippen molar-refractivity contribution in [2.75, 3.05) is 0 Å². The maximum absolute atomic E-state index is 6.77. The lowest BCUT2D eigenvalue weighted by Gasteiger charge is -2.13. The second-order valence-corrected chi connectivity index (χ2v) is 16.8. The Morgan fingerprint density at radius 1 is 0.308 bits per heavy atom. The van der Waals surface area contributed by atoms with Gasteiger partial charge in [0.15, 0.2) is 17.5 Å². The monoisotopic (exact) mass is 829 g/mol. The highest BCUT2D eigenvalue weighted by Crippen LogP contribution is 2.42. The fraction of sp³-hybridized carbons (Fsp3) is 0. The summed E-state index contributed by atoms with van der Waals surface area (Å²) in [4.78, 5) is 16.2. The minimum Gasteiger partial charge on any atom is -0.456 e. The first-order chi connectivity index (χ1) is 32.2.